The van der Waals surface area contributed by atoms with E-state index in [1.165, 1.54) is 41.8 Å². The molecule has 0 amide bonds. The normalized spacial score (nSPS) is 19.0. The number of benzene rings is 2. The molecule has 0 saturated heterocycles. The van der Waals surface area contributed by atoms with Gasteiger partial charge in [0.25, 0.3) is 0 Å². The van der Waals surface area contributed by atoms with Crippen molar-refractivity contribution in [3.8, 4) is 0 Å². The van der Waals surface area contributed by atoms with Gasteiger partial charge in [-0.1, -0.05) is 0 Å². The van der Waals surface area contributed by atoms with Crippen molar-refractivity contribution >= 4 is 22.6 Å². The number of alkyl halides is 2. The minimum atomic E-state index is -0.0324. The van der Waals surface area contributed by atoms with E-state index < -0.39 is 0 Å². The first kappa shape index (κ1) is 27.7. The quantitative estimate of drug-likeness (QED) is 0.134. The maximum Gasteiger partial charge on any atom is 1.00 e. The predicted octanol–water partition coefficient (Wildman–Crippen LogP) is -4.90. The minimum Gasteiger partial charge on any atom is 1.00 e. The zero-order valence-corrected chi connectivity index (χ0v) is 31.6. The standard InChI is InChI=1S/C22H25I2N2.2Rb/c1-16(23)25-11-9-19-7-8-22(13-21(19)15-25)24-17(2)26-12-10-18-5-3-4-6-20(18)14-26;;/h4-6,8,13,16-17H,9-12,14-15H2,1-2H3;;/q-3;2*+1/t16-,17?;;/m1../s1. The number of hydrogen-bond donors (Lipinski definition) is 0. The van der Waals surface area contributed by atoms with Crippen molar-refractivity contribution < 1.29 is 138 Å². The van der Waals surface area contributed by atoms with Crippen molar-refractivity contribution in [1.29, 1.82) is 0 Å². The summed E-state index contributed by atoms with van der Waals surface area (Å²) in [6, 6.07) is 18.1. The zero-order chi connectivity index (χ0) is 18.1. The fraction of sp³-hybridized carbons (Fsp3) is 0.455. The molecule has 2 aliphatic heterocycles. The van der Waals surface area contributed by atoms with Gasteiger partial charge in [-0.05, 0) is 0 Å². The molecule has 28 heavy (non-hydrogen) atoms. The molecule has 2 atom stereocenters. The summed E-state index contributed by atoms with van der Waals surface area (Å²) in [5, 5.41) is 0. The van der Waals surface area contributed by atoms with Crippen LogP contribution < -0.4 is 138 Å². The summed E-state index contributed by atoms with van der Waals surface area (Å²) in [5.41, 5.74) is 5.95. The zero-order valence-electron chi connectivity index (χ0n) is 17.4. The third-order valence-electron chi connectivity index (χ3n) is 5.49. The summed E-state index contributed by atoms with van der Waals surface area (Å²) >= 11 is 2.50. The van der Waals surface area contributed by atoms with Crippen LogP contribution in [0.3, 0.4) is 0 Å². The Labute approximate surface area is 292 Å². The van der Waals surface area contributed by atoms with Gasteiger partial charge in [-0.25, -0.2) is 0 Å². The molecule has 0 aliphatic carbocycles. The minimum absolute atomic E-state index is 0. The second-order valence-electron chi connectivity index (χ2n) is 7.21. The van der Waals surface area contributed by atoms with Crippen molar-refractivity contribution in [3.63, 3.8) is 0 Å². The number of hydrogen-bond acceptors (Lipinski definition) is 2. The monoisotopic (exact) mass is 741 g/mol. The van der Waals surface area contributed by atoms with Crippen LogP contribution in [0.4, 0.5) is 0 Å². The molecule has 0 radical (unpaired) electrons. The van der Waals surface area contributed by atoms with Crippen LogP contribution in [0.2, 0.25) is 0 Å². The van der Waals surface area contributed by atoms with E-state index in [0.717, 1.165) is 19.5 Å². The van der Waals surface area contributed by atoms with Gasteiger partial charge < -0.3 is 0 Å². The van der Waals surface area contributed by atoms with Gasteiger partial charge in [0.15, 0.2) is 0 Å². The van der Waals surface area contributed by atoms with E-state index in [2.05, 4.69) is 88.7 Å². The number of halogens is 2. The second kappa shape index (κ2) is 13.4. The van der Waals surface area contributed by atoms with Crippen LogP contribution in [-0.4, -0.2) is 31.0 Å². The molecule has 0 bridgehead atoms. The fourth-order valence-corrected chi connectivity index (χ4v) is 7.12. The van der Waals surface area contributed by atoms with E-state index in [1.54, 1.807) is 3.57 Å². The Balaban J connectivity index is 0.00000140. The molecule has 0 fully saturated rings. The average Bonchev–Trinajstić information content (AvgIpc) is 2.67. The number of rotatable bonds is 4. The van der Waals surface area contributed by atoms with Gasteiger partial charge in [-0.3, -0.25) is 0 Å². The van der Waals surface area contributed by atoms with Crippen molar-refractivity contribution in [2.24, 2.45) is 0 Å². The Bertz CT molecular complexity index is 785. The van der Waals surface area contributed by atoms with Crippen LogP contribution in [-0.2, 0) is 25.9 Å². The Morgan fingerprint density at radius 2 is 1.75 bits per heavy atom. The molecule has 2 aliphatic rings. The van der Waals surface area contributed by atoms with Crippen LogP contribution in [0.25, 0.3) is 0 Å². The summed E-state index contributed by atoms with van der Waals surface area (Å²) in [7, 11) is 0. The van der Waals surface area contributed by atoms with Gasteiger partial charge in [0.2, 0.25) is 0 Å². The first-order valence-electron chi connectivity index (χ1n) is 9.37. The summed E-state index contributed by atoms with van der Waals surface area (Å²) in [5.74, 6) is 0. The number of nitrogens with zero attached hydrogens (tertiary/aromatic N) is 2. The van der Waals surface area contributed by atoms with Crippen LogP contribution in [0.1, 0.15) is 36.1 Å². The van der Waals surface area contributed by atoms with Gasteiger partial charge in [0.05, 0.1) is 0 Å². The van der Waals surface area contributed by atoms with Crippen LogP contribution in [0.5, 0.6) is 0 Å². The second-order valence-corrected chi connectivity index (χ2v) is 12.7. The summed E-state index contributed by atoms with van der Waals surface area (Å²) < 4.78 is 2.81. The van der Waals surface area contributed by atoms with Crippen molar-refractivity contribution in [2.45, 2.75) is 47.9 Å². The smallest absolute Gasteiger partial charge is 1.00 e. The van der Waals surface area contributed by atoms with Crippen LogP contribution in [0, 0.1) is 15.7 Å². The molecule has 6 heteroatoms. The van der Waals surface area contributed by atoms with E-state index in [0.29, 0.717) is 8.10 Å². The topological polar surface area (TPSA) is 6.48 Å². The Morgan fingerprint density at radius 1 is 1.00 bits per heavy atom. The summed E-state index contributed by atoms with van der Waals surface area (Å²) in [4.78, 5) is 5.25. The molecule has 0 aromatic heterocycles. The first-order valence-corrected chi connectivity index (χ1v) is 12.9. The maximum atomic E-state index is 3.62. The Hall–Kier alpha value is 3.43. The Kier molecular flexibility index (Phi) is 13.2. The molecular formula is C22H25I2N2Rb2-. The molecule has 4 rings (SSSR count). The molecule has 0 spiro atoms. The van der Waals surface area contributed by atoms with Crippen LogP contribution >= 0.6 is 22.6 Å². The van der Waals surface area contributed by atoms with E-state index in [1.807, 2.05) is 0 Å². The average molecular weight is 742 g/mol. The van der Waals surface area contributed by atoms with Gasteiger partial charge >= 0.3 is 299 Å². The summed E-state index contributed by atoms with van der Waals surface area (Å²) in [6.45, 7) is 9.25. The summed E-state index contributed by atoms with van der Waals surface area (Å²) in [6.07, 6.45) is 2.32. The van der Waals surface area contributed by atoms with E-state index in [-0.39, 0.29) is 138 Å². The van der Waals surface area contributed by atoms with Gasteiger partial charge in [0, 0.05) is 0 Å². The Morgan fingerprint density at radius 3 is 2.54 bits per heavy atom. The fourth-order valence-electron chi connectivity index (χ4n) is 3.84. The molecular weight excluding hydrogens is 717 g/mol. The van der Waals surface area contributed by atoms with Crippen LogP contribution in [0.15, 0.2) is 30.3 Å². The van der Waals surface area contributed by atoms with Crippen molar-refractivity contribution in [3.05, 3.63) is 68.3 Å². The molecule has 0 saturated carbocycles. The van der Waals surface area contributed by atoms with Crippen molar-refractivity contribution in [2.75, 3.05) is 13.1 Å². The molecule has 1 unspecified atom stereocenters. The van der Waals surface area contributed by atoms with E-state index in [4.69, 9.17) is 0 Å². The molecule has 0 N–H and O–H groups in total. The molecule has 2 nitrogen and oxygen atoms in total. The third-order valence-corrected chi connectivity index (χ3v) is 9.31. The first-order chi connectivity index (χ1) is 12.6. The maximum absolute atomic E-state index is 3.62. The van der Waals surface area contributed by atoms with E-state index >= 15 is 0 Å². The molecule has 2 aromatic rings. The van der Waals surface area contributed by atoms with Crippen molar-refractivity contribution in [1.82, 2.24) is 9.80 Å². The molecule has 2 aromatic carbocycles. The number of fused-ring (bicyclic) bond motifs is 2. The molecule has 2 heterocycles. The predicted molar refractivity (Wildman–Crippen MR) is 110 cm³/mol. The largest absolute Gasteiger partial charge is 1.00 e. The molecule has 140 valence electrons. The van der Waals surface area contributed by atoms with Gasteiger partial charge in [-0.2, -0.15) is 0 Å². The van der Waals surface area contributed by atoms with E-state index in [9.17, 15) is 0 Å². The van der Waals surface area contributed by atoms with Gasteiger partial charge in [0.1, 0.15) is 0 Å². The SMILES string of the molecule is CC([I-]c1c[c-]c2c(c1)CN([C@H](C)I)CC2)N1CCc2c[c-]ccc2C1.[Rb+].[Rb+]. The third kappa shape index (κ3) is 7.21. The van der Waals surface area contributed by atoms with Gasteiger partial charge in [-0.15, -0.1) is 0 Å².